The van der Waals surface area contributed by atoms with E-state index in [1.165, 1.54) is 0 Å². The first-order valence-corrected chi connectivity index (χ1v) is 11.0. The molecule has 2 amide bonds. The maximum atomic E-state index is 12.7. The summed E-state index contributed by atoms with van der Waals surface area (Å²) in [6.07, 6.45) is 5.93. The second kappa shape index (κ2) is 7.36. The lowest BCUT2D eigenvalue weighted by Crippen LogP contribution is -2.61. The molecule has 25 heavy (non-hydrogen) atoms. The van der Waals surface area contributed by atoms with Crippen molar-refractivity contribution in [2.24, 2.45) is 0 Å². The van der Waals surface area contributed by atoms with Gasteiger partial charge in [-0.25, -0.2) is 13.2 Å². The number of benzene rings is 1. The highest BCUT2D eigenvalue weighted by Crippen LogP contribution is 2.39. The van der Waals surface area contributed by atoms with Crippen LogP contribution in [0.2, 0.25) is 0 Å². The molecule has 1 aliphatic carbocycles. The van der Waals surface area contributed by atoms with Crippen molar-refractivity contribution in [2.45, 2.75) is 68.7 Å². The van der Waals surface area contributed by atoms with Crippen LogP contribution in [-0.2, 0) is 9.84 Å². The molecule has 1 aromatic carbocycles. The molecule has 2 N–H and O–H groups in total. The number of hydrogen-bond donors (Lipinski definition) is 2. The van der Waals surface area contributed by atoms with Crippen LogP contribution in [0.5, 0.6) is 0 Å². The molecule has 2 fully saturated rings. The molecule has 0 bridgehead atoms. The highest BCUT2D eigenvalue weighted by atomic mass is 32.2. The topological polar surface area (TPSA) is 75.3 Å². The van der Waals surface area contributed by atoms with E-state index in [-0.39, 0.29) is 17.8 Å². The van der Waals surface area contributed by atoms with Crippen molar-refractivity contribution < 1.29 is 13.2 Å². The Morgan fingerprint density at radius 2 is 1.80 bits per heavy atom. The summed E-state index contributed by atoms with van der Waals surface area (Å²) in [4.78, 5) is 12.7. The zero-order chi connectivity index (χ0) is 17.9. The first kappa shape index (κ1) is 18.2. The van der Waals surface area contributed by atoms with Crippen LogP contribution in [0.4, 0.5) is 4.79 Å². The minimum Gasteiger partial charge on any atom is -0.332 e. The van der Waals surface area contributed by atoms with E-state index in [1.807, 2.05) is 37.3 Å². The Kier molecular flexibility index (Phi) is 5.37. The molecule has 2 atom stereocenters. The summed E-state index contributed by atoms with van der Waals surface area (Å²) < 4.78 is 25.0. The summed E-state index contributed by atoms with van der Waals surface area (Å²) in [6, 6.07) is 9.39. The zero-order valence-electron chi connectivity index (χ0n) is 14.8. The number of sulfone groups is 1. The Bertz CT molecular complexity index is 697. The van der Waals surface area contributed by atoms with Crippen LogP contribution in [0.25, 0.3) is 0 Å². The van der Waals surface area contributed by atoms with Crippen molar-refractivity contribution in [1.82, 2.24) is 10.6 Å². The van der Waals surface area contributed by atoms with E-state index in [2.05, 4.69) is 10.6 Å². The first-order valence-electron chi connectivity index (χ1n) is 9.28. The van der Waals surface area contributed by atoms with E-state index in [1.54, 1.807) is 0 Å². The smallest absolute Gasteiger partial charge is 0.315 e. The molecule has 1 aromatic rings. The van der Waals surface area contributed by atoms with E-state index in [0.29, 0.717) is 12.8 Å². The fourth-order valence-corrected chi connectivity index (χ4v) is 6.77. The van der Waals surface area contributed by atoms with Gasteiger partial charge in [0.25, 0.3) is 0 Å². The van der Waals surface area contributed by atoms with E-state index in [0.717, 1.165) is 37.7 Å². The average molecular weight is 365 g/mol. The number of amides is 2. The van der Waals surface area contributed by atoms with Crippen molar-refractivity contribution in [3.05, 3.63) is 35.9 Å². The summed E-state index contributed by atoms with van der Waals surface area (Å²) in [5.74, 6) is 0.253. The lowest BCUT2D eigenvalue weighted by Gasteiger charge is -2.42. The van der Waals surface area contributed by atoms with Gasteiger partial charge in [0, 0.05) is 0 Å². The normalized spacial score (nSPS) is 25.9. The van der Waals surface area contributed by atoms with Crippen LogP contribution in [0, 0.1) is 0 Å². The average Bonchev–Trinajstić information content (AvgIpc) is 2.96. The van der Waals surface area contributed by atoms with E-state index < -0.39 is 20.6 Å². The minimum absolute atomic E-state index is 0.123. The third kappa shape index (κ3) is 4.00. The van der Waals surface area contributed by atoms with Gasteiger partial charge in [-0.1, -0.05) is 49.6 Å². The predicted octanol–water partition coefficient (Wildman–Crippen LogP) is 3.33. The Labute approximate surface area is 150 Å². The Morgan fingerprint density at radius 1 is 1.12 bits per heavy atom. The third-order valence-corrected chi connectivity index (χ3v) is 8.11. The SMILES string of the molecule is C[C@@H](NC(=O)NC1([C@H]2CCCS2(=O)=O)CCCCC1)c1ccccc1. The lowest BCUT2D eigenvalue weighted by atomic mass is 9.78. The van der Waals surface area contributed by atoms with Gasteiger partial charge < -0.3 is 10.6 Å². The fourth-order valence-electron chi connectivity index (χ4n) is 4.41. The second-order valence-electron chi connectivity index (χ2n) is 7.45. The standard InChI is InChI=1S/C19H28N2O3S/c1-15(16-9-4-2-5-10-16)20-18(22)21-19(12-6-3-7-13-19)17-11-8-14-25(17,23)24/h2,4-5,9-10,15,17H,3,6-8,11-14H2,1H3,(H2,20,21,22)/t15-,17-/m1/s1. The van der Waals surface area contributed by atoms with Gasteiger partial charge in [-0.15, -0.1) is 0 Å². The Hall–Kier alpha value is -1.56. The van der Waals surface area contributed by atoms with E-state index in [9.17, 15) is 13.2 Å². The largest absolute Gasteiger partial charge is 0.332 e. The summed E-state index contributed by atoms with van der Waals surface area (Å²) in [7, 11) is -3.11. The van der Waals surface area contributed by atoms with E-state index >= 15 is 0 Å². The molecular weight excluding hydrogens is 336 g/mol. The molecule has 5 nitrogen and oxygen atoms in total. The number of carbonyl (C=O) groups excluding carboxylic acids is 1. The minimum atomic E-state index is -3.11. The highest BCUT2D eigenvalue weighted by Gasteiger charge is 2.49. The Balaban J connectivity index is 1.73. The van der Waals surface area contributed by atoms with Gasteiger partial charge in [0.2, 0.25) is 0 Å². The van der Waals surface area contributed by atoms with Crippen molar-refractivity contribution >= 4 is 15.9 Å². The second-order valence-corrected chi connectivity index (χ2v) is 9.75. The lowest BCUT2D eigenvalue weighted by molar-refractivity contribution is 0.194. The third-order valence-electron chi connectivity index (χ3n) is 5.70. The van der Waals surface area contributed by atoms with Crippen LogP contribution >= 0.6 is 0 Å². The summed E-state index contributed by atoms with van der Waals surface area (Å²) in [5.41, 5.74) is 0.428. The van der Waals surface area contributed by atoms with Crippen LogP contribution in [-0.4, -0.2) is 31.0 Å². The van der Waals surface area contributed by atoms with E-state index in [4.69, 9.17) is 0 Å². The molecular formula is C19H28N2O3S. The predicted molar refractivity (Wildman–Crippen MR) is 99.1 cm³/mol. The molecule has 1 heterocycles. The number of carbonyl (C=O) groups is 1. The molecule has 1 saturated carbocycles. The summed E-state index contributed by atoms with van der Waals surface area (Å²) >= 11 is 0. The van der Waals surface area contributed by atoms with Crippen molar-refractivity contribution in [3.8, 4) is 0 Å². The maximum Gasteiger partial charge on any atom is 0.315 e. The van der Waals surface area contributed by atoms with Crippen molar-refractivity contribution in [3.63, 3.8) is 0 Å². The molecule has 2 aliphatic rings. The molecule has 0 radical (unpaired) electrons. The number of rotatable bonds is 4. The van der Waals surface area contributed by atoms with Gasteiger partial charge in [-0.2, -0.15) is 0 Å². The molecule has 0 aromatic heterocycles. The van der Waals surface area contributed by atoms with Gasteiger partial charge in [-0.05, 0) is 38.2 Å². The molecule has 1 saturated heterocycles. The van der Waals surface area contributed by atoms with Crippen molar-refractivity contribution in [2.75, 3.05) is 5.75 Å². The molecule has 138 valence electrons. The van der Waals surface area contributed by atoms with Crippen LogP contribution in [0.3, 0.4) is 0 Å². The molecule has 0 spiro atoms. The van der Waals surface area contributed by atoms with Crippen LogP contribution in [0.15, 0.2) is 30.3 Å². The highest BCUT2D eigenvalue weighted by molar-refractivity contribution is 7.92. The summed E-state index contributed by atoms with van der Waals surface area (Å²) in [5, 5.41) is 5.64. The number of nitrogens with one attached hydrogen (secondary N) is 2. The maximum absolute atomic E-state index is 12.7. The fraction of sp³-hybridized carbons (Fsp3) is 0.632. The van der Waals surface area contributed by atoms with Gasteiger partial charge >= 0.3 is 6.03 Å². The molecule has 0 unspecified atom stereocenters. The quantitative estimate of drug-likeness (QED) is 0.860. The van der Waals surface area contributed by atoms with Crippen molar-refractivity contribution in [1.29, 1.82) is 0 Å². The zero-order valence-corrected chi connectivity index (χ0v) is 15.6. The monoisotopic (exact) mass is 364 g/mol. The molecule has 1 aliphatic heterocycles. The first-order chi connectivity index (χ1) is 11.9. The summed E-state index contributed by atoms with van der Waals surface area (Å²) in [6.45, 7) is 1.94. The van der Waals surface area contributed by atoms with Crippen LogP contribution in [0.1, 0.15) is 63.5 Å². The van der Waals surface area contributed by atoms with Crippen LogP contribution < -0.4 is 10.6 Å². The van der Waals surface area contributed by atoms with Gasteiger partial charge in [0.15, 0.2) is 9.84 Å². The Morgan fingerprint density at radius 3 is 2.40 bits per heavy atom. The van der Waals surface area contributed by atoms with Gasteiger partial charge in [0.1, 0.15) is 0 Å². The van der Waals surface area contributed by atoms with Gasteiger partial charge in [0.05, 0.1) is 22.6 Å². The number of urea groups is 1. The van der Waals surface area contributed by atoms with Gasteiger partial charge in [-0.3, -0.25) is 0 Å². The number of hydrogen-bond acceptors (Lipinski definition) is 3. The molecule has 3 rings (SSSR count). The molecule has 6 heteroatoms.